The van der Waals surface area contributed by atoms with Gasteiger partial charge in [-0.25, -0.2) is 0 Å². The first-order chi connectivity index (χ1) is 13.6. The van der Waals surface area contributed by atoms with Crippen molar-refractivity contribution in [2.75, 3.05) is 0 Å². The van der Waals surface area contributed by atoms with Crippen molar-refractivity contribution in [3.63, 3.8) is 0 Å². The summed E-state index contributed by atoms with van der Waals surface area (Å²) in [5.41, 5.74) is 1.29. The fourth-order valence-electron chi connectivity index (χ4n) is 3.36. The van der Waals surface area contributed by atoms with Gasteiger partial charge in [0.1, 0.15) is 11.5 Å². The maximum absolute atomic E-state index is 12.9. The standard InChI is InChI=1S/C22H16BrNO4/c23-16-10-8-14(9-11-16)19-18(20(25)15-5-2-1-3-6-15)21(26)22(27)24(19)13-17-7-4-12-28-17/h1-12,19,25H,13H2. The minimum absolute atomic E-state index is 0.0741. The van der Waals surface area contributed by atoms with Gasteiger partial charge in [-0.3, -0.25) is 9.59 Å². The predicted molar refractivity (Wildman–Crippen MR) is 107 cm³/mol. The summed E-state index contributed by atoms with van der Waals surface area (Å²) in [6.07, 6.45) is 1.52. The first kappa shape index (κ1) is 18.3. The van der Waals surface area contributed by atoms with Crippen LogP contribution in [-0.4, -0.2) is 21.7 Å². The molecule has 2 heterocycles. The third-order valence-corrected chi connectivity index (χ3v) is 5.21. The van der Waals surface area contributed by atoms with E-state index >= 15 is 0 Å². The highest BCUT2D eigenvalue weighted by atomic mass is 79.9. The lowest BCUT2D eigenvalue weighted by atomic mass is 9.95. The molecule has 1 unspecified atom stereocenters. The van der Waals surface area contributed by atoms with Crippen molar-refractivity contribution in [2.45, 2.75) is 12.6 Å². The van der Waals surface area contributed by atoms with E-state index < -0.39 is 17.7 Å². The number of benzene rings is 2. The zero-order chi connectivity index (χ0) is 19.7. The largest absolute Gasteiger partial charge is 0.507 e. The number of halogens is 1. The van der Waals surface area contributed by atoms with Gasteiger partial charge in [-0.1, -0.05) is 58.4 Å². The predicted octanol–water partition coefficient (Wildman–Crippen LogP) is 4.66. The van der Waals surface area contributed by atoms with Crippen molar-refractivity contribution in [1.29, 1.82) is 0 Å². The topological polar surface area (TPSA) is 70.8 Å². The Morgan fingerprint density at radius 3 is 2.36 bits per heavy atom. The molecule has 1 fully saturated rings. The first-order valence-electron chi connectivity index (χ1n) is 8.68. The molecule has 1 saturated heterocycles. The van der Waals surface area contributed by atoms with Gasteiger partial charge in [-0.05, 0) is 29.8 Å². The summed E-state index contributed by atoms with van der Waals surface area (Å²) in [5.74, 6) is -1.000. The van der Waals surface area contributed by atoms with Gasteiger partial charge in [-0.2, -0.15) is 0 Å². The van der Waals surface area contributed by atoms with E-state index in [0.717, 1.165) is 10.0 Å². The molecule has 0 radical (unpaired) electrons. The highest BCUT2D eigenvalue weighted by Gasteiger charge is 2.46. The van der Waals surface area contributed by atoms with Crippen molar-refractivity contribution in [3.05, 3.63) is 99.9 Å². The van der Waals surface area contributed by atoms with Gasteiger partial charge < -0.3 is 14.4 Å². The monoisotopic (exact) mass is 437 g/mol. The van der Waals surface area contributed by atoms with Crippen LogP contribution >= 0.6 is 15.9 Å². The van der Waals surface area contributed by atoms with Gasteiger partial charge in [-0.15, -0.1) is 0 Å². The van der Waals surface area contributed by atoms with Crippen LogP contribution in [0.25, 0.3) is 5.76 Å². The fourth-order valence-corrected chi connectivity index (χ4v) is 3.62. The second kappa shape index (κ2) is 7.48. The van der Waals surface area contributed by atoms with Crippen LogP contribution in [0.3, 0.4) is 0 Å². The molecular weight excluding hydrogens is 422 g/mol. The zero-order valence-electron chi connectivity index (χ0n) is 14.7. The summed E-state index contributed by atoms with van der Waals surface area (Å²) in [7, 11) is 0. The highest BCUT2D eigenvalue weighted by Crippen LogP contribution is 2.40. The third-order valence-electron chi connectivity index (χ3n) is 4.68. The Kier molecular flexibility index (Phi) is 4.88. The van der Waals surface area contributed by atoms with Gasteiger partial charge in [0.05, 0.1) is 24.4 Å². The number of carbonyl (C=O) groups excluding carboxylic acids is 2. The van der Waals surface area contributed by atoms with E-state index in [9.17, 15) is 14.7 Å². The zero-order valence-corrected chi connectivity index (χ0v) is 16.3. The number of furan rings is 1. The van der Waals surface area contributed by atoms with Crippen LogP contribution in [0, 0.1) is 0 Å². The normalized spacial score (nSPS) is 18.6. The molecule has 1 amide bonds. The van der Waals surface area contributed by atoms with Crippen LogP contribution in [0.2, 0.25) is 0 Å². The molecule has 0 aliphatic carbocycles. The summed E-state index contributed by atoms with van der Waals surface area (Å²) in [5, 5.41) is 10.9. The van der Waals surface area contributed by atoms with Crippen molar-refractivity contribution in [1.82, 2.24) is 4.90 Å². The van der Waals surface area contributed by atoms with Gasteiger partial charge >= 0.3 is 0 Å². The average molecular weight is 438 g/mol. The number of ketones is 1. The number of likely N-dealkylation sites (tertiary alicyclic amines) is 1. The first-order valence-corrected chi connectivity index (χ1v) is 9.47. The number of nitrogens with zero attached hydrogens (tertiary/aromatic N) is 1. The average Bonchev–Trinajstić information content (AvgIpc) is 3.31. The Labute approximate surface area is 170 Å². The minimum atomic E-state index is -0.710. The summed E-state index contributed by atoms with van der Waals surface area (Å²) in [6, 6.07) is 18.8. The molecular formula is C22H16BrNO4. The lowest BCUT2D eigenvalue weighted by Crippen LogP contribution is -2.29. The highest BCUT2D eigenvalue weighted by molar-refractivity contribution is 9.10. The maximum atomic E-state index is 12.9. The quantitative estimate of drug-likeness (QED) is 0.365. The lowest BCUT2D eigenvalue weighted by Gasteiger charge is -2.24. The Morgan fingerprint density at radius 2 is 1.71 bits per heavy atom. The summed E-state index contributed by atoms with van der Waals surface area (Å²) >= 11 is 3.40. The molecule has 2 aromatic carbocycles. The minimum Gasteiger partial charge on any atom is -0.507 e. The van der Waals surface area contributed by atoms with E-state index in [1.807, 2.05) is 30.3 Å². The van der Waals surface area contributed by atoms with Crippen molar-refractivity contribution in [3.8, 4) is 0 Å². The Morgan fingerprint density at radius 1 is 1.00 bits per heavy atom. The van der Waals surface area contributed by atoms with Gasteiger partial charge in [0.2, 0.25) is 0 Å². The third kappa shape index (κ3) is 3.27. The van der Waals surface area contributed by atoms with E-state index in [2.05, 4.69) is 15.9 Å². The number of hydrogen-bond acceptors (Lipinski definition) is 4. The number of hydrogen-bond donors (Lipinski definition) is 1. The molecule has 140 valence electrons. The second-order valence-electron chi connectivity index (χ2n) is 6.42. The maximum Gasteiger partial charge on any atom is 0.296 e. The van der Waals surface area contributed by atoms with Gasteiger partial charge in [0.15, 0.2) is 0 Å². The molecule has 6 heteroatoms. The van der Waals surface area contributed by atoms with Gasteiger partial charge in [0.25, 0.3) is 11.7 Å². The summed E-state index contributed by atoms with van der Waals surface area (Å²) in [4.78, 5) is 27.1. The Balaban J connectivity index is 1.86. The smallest absolute Gasteiger partial charge is 0.296 e. The number of rotatable bonds is 4. The number of amides is 1. The van der Waals surface area contributed by atoms with Crippen LogP contribution in [0.5, 0.6) is 0 Å². The van der Waals surface area contributed by atoms with E-state index in [4.69, 9.17) is 4.42 Å². The van der Waals surface area contributed by atoms with E-state index in [1.54, 1.807) is 36.4 Å². The molecule has 0 bridgehead atoms. The molecule has 1 aromatic heterocycles. The van der Waals surface area contributed by atoms with Crippen LogP contribution in [0.1, 0.15) is 22.9 Å². The van der Waals surface area contributed by atoms with Crippen molar-refractivity contribution < 1.29 is 19.1 Å². The molecule has 1 aliphatic rings. The number of Topliss-reactive ketones (excluding diaryl/α,β-unsaturated/α-hetero) is 1. The molecule has 4 rings (SSSR count). The number of aliphatic hydroxyl groups is 1. The van der Waals surface area contributed by atoms with E-state index in [-0.39, 0.29) is 17.9 Å². The van der Waals surface area contributed by atoms with E-state index in [0.29, 0.717) is 11.3 Å². The molecule has 1 atom stereocenters. The number of aliphatic hydroxyl groups excluding tert-OH is 1. The lowest BCUT2D eigenvalue weighted by molar-refractivity contribution is -0.140. The number of carbonyl (C=O) groups is 2. The summed E-state index contributed by atoms with van der Waals surface area (Å²) in [6.45, 7) is 0.129. The second-order valence-corrected chi connectivity index (χ2v) is 7.34. The van der Waals surface area contributed by atoms with Crippen LogP contribution in [-0.2, 0) is 16.1 Å². The van der Waals surface area contributed by atoms with Crippen molar-refractivity contribution in [2.24, 2.45) is 0 Å². The molecule has 0 saturated carbocycles. The molecule has 1 N–H and O–H groups in total. The fraction of sp³-hybridized carbons (Fsp3) is 0.0909. The molecule has 0 spiro atoms. The van der Waals surface area contributed by atoms with Crippen molar-refractivity contribution >= 4 is 33.4 Å². The SMILES string of the molecule is O=C1C(=O)N(Cc2ccco2)C(c2ccc(Br)cc2)C1=C(O)c1ccccc1. The molecule has 3 aromatic rings. The van der Waals surface area contributed by atoms with E-state index in [1.165, 1.54) is 11.2 Å². The van der Waals surface area contributed by atoms with Gasteiger partial charge in [0, 0.05) is 10.0 Å². The van der Waals surface area contributed by atoms with Crippen LogP contribution < -0.4 is 0 Å². The summed E-state index contributed by atoms with van der Waals surface area (Å²) < 4.78 is 6.25. The molecule has 1 aliphatic heterocycles. The molecule has 5 nitrogen and oxygen atoms in total. The Bertz CT molecular complexity index is 1040. The Hall–Kier alpha value is -3.12. The van der Waals surface area contributed by atoms with Crippen LogP contribution in [0.4, 0.5) is 0 Å². The molecule has 28 heavy (non-hydrogen) atoms. The van der Waals surface area contributed by atoms with Crippen LogP contribution in [0.15, 0.2) is 87.5 Å².